The van der Waals surface area contributed by atoms with Crippen LogP contribution in [0.2, 0.25) is 0 Å². The van der Waals surface area contributed by atoms with Crippen molar-refractivity contribution in [3.63, 3.8) is 0 Å². The van der Waals surface area contributed by atoms with Crippen LogP contribution in [0.15, 0.2) is 18.2 Å². The number of hydrogen-bond acceptors (Lipinski definition) is 4. The molecular formula is C16H21N3O3S. The molecule has 1 aliphatic rings. The number of aromatic nitrogens is 2. The molecule has 1 fully saturated rings. The summed E-state index contributed by atoms with van der Waals surface area (Å²) in [7, 11) is -1.17. The zero-order chi connectivity index (χ0) is 16.9. The van der Waals surface area contributed by atoms with Crippen LogP contribution in [0.4, 0.5) is 0 Å². The highest BCUT2D eigenvalue weighted by Gasteiger charge is 2.38. The summed E-state index contributed by atoms with van der Waals surface area (Å²) in [5.41, 5.74) is 2.30. The first kappa shape index (κ1) is 16.0. The highest BCUT2D eigenvalue weighted by atomic mass is 32.2. The molecule has 1 aliphatic heterocycles. The molecule has 0 spiro atoms. The number of amides is 1. The zero-order valence-electron chi connectivity index (χ0n) is 13.8. The molecule has 1 amide bonds. The Morgan fingerprint density at radius 2 is 2.00 bits per heavy atom. The third-order valence-electron chi connectivity index (χ3n) is 4.97. The molecule has 2 atom stereocenters. The van der Waals surface area contributed by atoms with E-state index >= 15 is 0 Å². The standard InChI is InChI=1S/C16H21N3O3S/c1-10-11(2)23(21,22)8-7-19(10)16(20)13-5-6-15-14(9-13)17-12(3)18(15)4/h5-6,9-11H,7-8H2,1-4H3/t10-,11-/m0/s1. The summed E-state index contributed by atoms with van der Waals surface area (Å²) in [6.45, 7) is 5.63. The fourth-order valence-electron chi connectivity index (χ4n) is 3.07. The maximum atomic E-state index is 12.8. The van der Waals surface area contributed by atoms with Crippen molar-refractivity contribution in [2.24, 2.45) is 7.05 Å². The normalized spacial score (nSPS) is 24.1. The van der Waals surface area contributed by atoms with E-state index in [-0.39, 0.29) is 24.2 Å². The molecule has 23 heavy (non-hydrogen) atoms. The van der Waals surface area contributed by atoms with Crippen LogP contribution < -0.4 is 0 Å². The quantitative estimate of drug-likeness (QED) is 0.792. The fourth-order valence-corrected chi connectivity index (χ4v) is 4.64. The van der Waals surface area contributed by atoms with Gasteiger partial charge in [-0.2, -0.15) is 0 Å². The third kappa shape index (κ3) is 2.52. The van der Waals surface area contributed by atoms with Gasteiger partial charge in [0.2, 0.25) is 0 Å². The van der Waals surface area contributed by atoms with Crippen molar-refractivity contribution < 1.29 is 13.2 Å². The van der Waals surface area contributed by atoms with Gasteiger partial charge in [0.1, 0.15) is 5.82 Å². The van der Waals surface area contributed by atoms with E-state index in [2.05, 4.69) is 4.98 Å². The van der Waals surface area contributed by atoms with E-state index in [0.717, 1.165) is 16.9 Å². The third-order valence-corrected chi connectivity index (χ3v) is 7.24. The molecular weight excluding hydrogens is 314 g/mol. The Kier molecular flexibility index (Phi) is 3.71. The molecule has 1 aromatic heterocycles. The lowest BCUT2D eigenvalue weighted by Gasteiger charge is -2.37. The molecule has 1 saturated heterocycles. The van der Waals surface area contributed by atoms with E-state index in [9.17, 15) is 13.2 Å². The Hall–Kier alpha value is -1.89. The van der Waals surface area contributed by atoms with Crippen molar-refractivity contribution >= 4 is 26.8 Å². The second-order valence-corrected chi connectivity index (χ2v) is 8.71. The van der Waals surface area contributed by atoms with Crippen LogP contribution in [-0.2, 0) is 16.9 Å². The molecule has 2 aromatic rings. The minimum atomic E-state index is -3.11. The predicted molar refractivity (Wildman–Crippen MR) is 89.2 cm³/mol. The Morgan fingerprint density at radius 1 is 1.30 bits per heavy atom. The topological polar surface area (TPSA) is 72.3 Å². The van der Waals surface area contributed by atoms with Gasteiger partial charge in [-0.15, -0.1) is 0 Å². The van der Waals surface area contributed by atoms with Crippen LogP contribution in [0, 0.1) is 6.92 Å². The van der Waals surface area contributed by atoms with Gasteiger partial charge in [0.15, 0.2) is 9.84 Å². The minimum absolute atomic E-state index is 0.0230. The Bertz CT molecular complexity index is 885. The molecule has 0 saturated carbocycles. The number of benzene rings is 1. The average molecular weight is 335 g/mol. The molecule has 0 radical (unpaired) electrons. The second-order valence-electron chi connectivity index (χ2n) is 6.23. The summed E-state index contributed by atoms with van der Waals surface area (Å²) >= 11 is 0. The molecule has 2 heterocycles. The van der Waals surface area contributed by atoms with E-state index in [0.29, 0.717) is 5.56 Å². The molecule has 0 aliphatic carbocycles. The number of aryl methyl sites for hydroxylation is 2. The summed E-state index contributed by atoms with van der Waals surface area (Å²) in [5, 5.41) is -0.541. The molecule has 7 heteroatoms. The lowest BCUT2D eigenvalue weighted by atomic mass is 10.1. The molecule has 1 aromatic carbocycles. The summed E-state index contributed by atoms with van der Waals surface area (Å²) in [6.07, 6.45) is 0. The highest BCUT2D eigenvalue weighted by molar-refractivity contribution is 7.92. The maximum Gasteiger partial charge on any atom is 0.254 e. The van der Waals surface area contributed by atoms with E-state index in [4.69, 9.17) is 0 Å². The zero-order valence-corrected chi connectivity index (χ0v) is 14.6. The van der Waals surface area contributed by atoms with Crippen LogP contribution in [0.1, 0.15) is 30.0 Å². The van der Waals surface area contributed by atoms with E-state index < -0.39 is 15.1 Å². The van der Waals surface area contributed by atoms with Gasteiger partial charge in [0.05, 0.1) is 22.0 Å². The largest absolute Gasteiger partial charge is 0.334 e. The molecule has 6 nitrogen and oxygen atoms in total. The summed E-state index contributed by atoms with van der Waals surface area (Å²) in [6, 6.07) is 5.12. The molecule has 0 unspecified atom stereocenters. The summed E-state index contributed by atoms with van der Waals surface area (Å²) in [5.74, 6) is 0.773. The van der Waals surface area contributed by atoms with E-state index in [1.54, 1.807) is 30.9 Å². The van der Waals surface area contributed by atoms with Crippen molar-refractivity contribution in [1.29, 1.82) is 0 Å². The molecule has 124 valence electrons. The van der Waals surface area contributed by atoms with Crippen molar-refractivity contribution in [2.45, 2.75) is 32.1 Å². The Balaban J connectivity index is 1.94. The number of nitrogens with zero attached hydrogens (tertiary/aromatic N) is 3. The van der Waals surface area contributed by atoms with Crippen LogP contribution in [-0.4, -0.2) is 52.4 Å². The van der Waals surface area contributed by atoms with Crippen LogP contribution in [0.5, 0.6) is 0 Å². The van der Waals surface area contributed by atoms with Gasteiger partial charge in [0.25, 0.3) is 5.91 Å². The van der Waals surface area contributed by atoms with Gasteiger partial charge in [-0.3, -0.25) is 4.79 Å². The SMILES string of the molecule is Cc1nc2cc(C(=O)N3CCS(=O)(=O)[C@@H](C)[C@@H]3C)ccc2n1C. The van der Waals surface area contributed by atoms with Gasteiger partial charge in [0, 0.05) is 25.2 Å². The van der Waals surface area contributed by atoms with Crippen LogP contribution >= 0.6 is 0 Å². The lowest BCUT2D eigenvalue weighted by Crippen LogP contribution is -2.54. The Morgan fingerprint density at radius 3 is 2.70 bits per heavy atom. The average Bonchev–Trinajstić information content (AvgIpc) is 2.79. The second kappa shape index (κ2) is 5.33. The highest BCUT2D eigenvalue weighted by Crippen LogP contribution is 2.23. The summed E-state index contributed by atoms with van der Waals surface area (Å²) in [4.78, 5) is 18.9. The van der Waals surface area contributed by atoms with Gasteiger partial charge < -0.3 is 9.47 Å². The molecule has 0 bridgehead atoms. The number of sulfone groups is 1. The summed E-state index contributed by atoms with van der Waals surface area (Å²) < 4.78 is 25.9. The van der Waals surface area contributed by atoms with Crippen molar-refractivity contribution in [1.82, 2.24) is 14.5 Å². The van der Waals surface area contributed by atoms with E-state index in [1.165, 1.54) is 0 Å². The number of imidazole rings is 1. The van der Waals surface area contributed by atoms with Crippen LogP contribution in [0.3, 0.4) is 0 Å². The van der Waals surface area contributed by atoms with Crippen molar-refractivity contribution in [3.05, 3.63) is 29.6 Å². The van der Waals surface area contributed by atoms with Crippen molar-refractivity contribution in [3.8, 4) is 0 Å². The smallest absolute Gasteiger partial charge is 0.254 e. The number of carbonyl (C=O) groups is 1. The first-order valence-electron chi connectivity index (χ1n) is 7.68. The molecule has 3 rings (SSSR count). The maximum absolute atomic E-state index is 12.8. The number of hydrogen-bond donors (Lipinski definition) is 0. The molecule has 0 N–H and O–H groups in total. The first-order chi connectivity index (χ1) is 10.7. The number of rotatable bonds is 1. The van der Waals surface area contributed by atoms with E-state index in [1.807, 2.05) is 24.6 Å². The minimum Gasteiger partial charge on any atom is -0.334 e. The monoisotopic (exact) mass is 335 g/mol. The van der Waals surface area contributed by atoms with Gasteiger partial charge in [-0.05, 0) is 39.0 Å². The van der Waals surface area contributed by atoms with Crippen LogP contribution in [0.25, 0.3) is 11.0 Å². The van der Waals surface area contributed by atoms with Gasteiger partial charge in [-0.1, -0.05) is 0 Å². The number of fused-ring (bicyclic) bond motifs is 1. The predicted octanol–water partition coefficient (Wildman–Crippen LogP) is 1.53. The Labute approximate surface area is 136 Å². The van der Waals surface area contributed by atoms with Gasteiger partial charge in [-0.25, -0.2) is 13.4 Å². The van der Waals surface area contributed by atoms with Gasteiger partial charge >= 0.3 is 0 Å². The number of carbonyl (C=O) groups excluding carboxylic acids is 1. The lowest BCUT2D eigenvalue weighted by molar-refractivity contribution is 0.0693. The fraction of sp³-hybridized carbons (Fsp3) is 0.500. The van der Waals surface area contributed by atoms with Crippen molar-refractivity contribution in [2.75, 3.05) is 12.3 Å². The first-order valence-corrected chi connectivity index (χ1v) is 9.39.